The summed E-state index contributed by atoms with van der Waals surface area (Å²) in [6, 6.07) is 13.4. The molecule has 0 spiro atoms. The highest BCUT2D eigenvalue weighted by atomic mass is 14.7. The zero-order chi connectivity index (χ0) is 18.9. The Balaban J connectivity index is 1.47. The van der Waals surface area contributed by atoms with Crippen LogP contribution in [-0.4, -0.2) is 4.98 Å². The standard InChI is InChI=1S/C26H37N/c1-3-5-6-7-8-9-22-12-16-24(17-13-22)26-19-18-25(20-27-26)23-14-10-21(4-2)11-15-23/h10-11,14-15,18-20,22,24H,3-9,12-13,16-17H2,1-2H3. The molecule has 27 heavy (non-hydrogen) atoms. The topological polar surface area (TPSA) is 12.9 Å². The predicted molar refractivity (Wildman–Crippen MR) is 117 cm³/mol. The van der Waals surface area contributed by atoms with Crippen molar-refractivity contribution in [1.29, 1.82) is 0 Å². The lowest BCUT2D eigenvalue weighted by Gasteiger charge is -2.28. The van der Waals surface area contributed by atoms with Crippen molar-refractivity contribution < 1.29 is 0 Å². The Morgan fingerprint density at radius 2 is 1.48 bits per heavy atom. The predicted octanol–water partition coefficient (Wildman–Crippen LogP) is 7.95. The van der Waals surface area contributed by atoms with Crippen LogP contribution < -0.4 is 0 Å². The second kappa shape index (κ2) is 10.6. The number of aryl methyl sites for hydroxylation is 1. The summed E-state index contributed by atoms with van der Waals surface area (Å²) in [4.78, 5) is 4.84. The summed E-state index contributed by atoms with van der Waals surface area (Å²) >= 11 is 0. The molecule has 0 bridgehead atoms. The van der Waals surface area contributed by atoms with Crippen LogP contribution in [0.25, 0.3) is 11.1 Å². The molecule has 0 aliphatic heterocycles. The van der Waals surface area contributed by atoms with Crippen molar-refractivity contribution in [3.05, 3.63) is 53.9 Å². The number of rotatable bonds is 9. The second-order valence-electron chi connectivity index (χ2n) is 8.44. The molecular formula is C26H37N. The minimum Gasteiger partial charge on any atom is -0.260 e. The van der Waals surface area contributed by atoms with Crippen molar-refractivity contribution in [2.24, 2.45) is 5.92 Å². The van der Waals surface area contributed by atoms with E-state index in [9.17, 15) is 0 Å². The molecule has 1 heterocycles. The molecule has 146 valence electrons. The van der Waals surface area contributed by atoms with Gasteiger partial charge in [-0.25, -0.2) is 0 Å². The molecule has 1 aliphatic carbocycles. The van der Waals surface area contributed by atoms with Crippen molar-refractivity contribution in [2.45, 2.75) is 90.4 Å². The van der Waals surface area contributed by atoms with Crippen LogP contribution >= 0.6 is 0 Å². The zero-order valence-electron chi connectivity index (χ0n) is 17.4. The van der Waals surface area contributed by atoms with Gasteiger partial charge in [-0.1, -0.05) is 82.7 Å². The van der Waals surface area contributed by atoms with Gasteiger partial charge in [0.25, 0.3) is 0 Å². The molecule has 0 saturated heterocycles. The second-order valence-corrected chi connectivity index (χ2v) is 8.44. The van der Waals surface area contributed by atoms with Crippen LogP contribution in [0.1, 0.15) is 95.2 Å². The van der Waals surface area contributed by atoms with Crippen molar-refractivity contribution in [1.82, 2.24) is 4.98 Å². The Bertz CT molecular complexity index is 648. The molecule has 0 atom stereocenters. The van der Waals surface area contributed by atoms with Crippen molar-refractivity contribution in [3.8, 4) is 11.1 Å². The molecule has 0 amide bonds. The van der Waals surface area contributed by atoms with Gasteiger partial charge in [0.1, 0.15) is 0 Å². The molecule has 0 unspecified atom stereocenters. The molecule has 0 radical (unpaired) electrons. The van der Waals surface area contributed by atoms with E-state index in [1.54, 1.807) is 0 Å². The molecule has 1 heteroatoms. The SMILES string of the molecule is CCCCCCCC1CCC(c2ccc(-c3ccc(CC)cc3)cn2)CC1. The van der Waals surface area contributed by atoms with Gasteiger partial charge in [-0.15, -0.1) is 0 Å². The van der Waals surface area contributed by atoms with Crippen LogP contribution in [0.15, 0.2) is 42.6 Å². The maximum absolute atomic E-state index is 4.84. The molecule has 1 fully saturated rings. The summed E-state index contributed by atoms with van der Waals surface area (Å²) in [6.45, 7) is 4.50. The molecule has 2 aromatic rings. The van der Waals surface area contributed by atoms with Gasteiger partial charge in [-0.2, -0.15) is 0 Å². The number of aromatic nitrogens is 1. The summed E-state index contributed by atoms with van der Waals surface area (Å²) in [5, 5.41) is 0. The minimum atomic E-state index is 0.679. The lowest BCUT2D eigenvalue weighted by molar-refractivity contribution is 0.299. The van der Waals surface area contributed by atoms with Gasteiger partial charge < -0.3 is 0 Å². The minimum absolute atomic E-state index is 0.679. The van der Waals surface area contributed by atoms with Crippen molar-refractivity contribution >= 4 is 0 Å². The Hall–Kier alpha value is -1.63. The maximum atomic E-state index is 4.84. The van der Waals surface area contributed by atoms with Gasteiger partial charge in [0, 0.05) is 23.4 Å². The molecule has 3 rings (SSSR count). The highest BCUT2D eigenvalue weighted by molar-refractivity contribution is 5.62. The fraction of sp³-hybridized carbons (Fsp3) is 0.577. The third-order valence-corrected chi connectivity index (χ3v) is 6.46. The lowest BCUT2D eigenvalue weighted by Crippen LogP contribution is -2.14. The van der Waals surface area contributed by atoms with E-state index in [4.69, 9.17) is 4.98 Å². The number of hydrogen-bond donors (Lipinski definition) is 0. The summed E-state index contributed by atoms with van der Waals surface area (Å²) in [7, 11) is 0. The smallest absolute Gasteiger partial charge is 0.0434 e. The fourth-order valence-electron chi connectivity index (χ4n) is 4.53. The first-order valence-electron chi connectivity index (χ1n) is 11.4. The molecular weight excluding hydrogens is 326 g/mol. The first-order chi connectivity index (χ1) is 13.3. The molecule has 0 N–H and O–H groups in total. The molecule has 1 aromatic heterocycles. The Kier molecular flexibility index (Phi) is 7.93. The lowest BCUT2D eigenvalue weighted by atomic mass is 9.78. The maximum Gasteiger partial charge on any atom is 0.0434 e. The van der Waals surface area contributed by atoms with E-state index in [-0.39, 0.29) is 0 Å². The summed E-state index contributed by atoms with van der Waals surface area (Å²) < 4.78 is 0. The van der Waals surface area contributed by atoms with Crippen LogP contribution in [0.4, 0.5) is 0 Å². The number of pyridine rings is 1. The third kappa shape index (κ3) is 5.92. The number of benzene rings is 1. The summed E-state index contributed by atoms with van der Waals surface area (Å²) in [6.07, 6.45) is 17.2. The largest absolute Gasteiger partial charge is 0.260 e. The van der Waals surface area contributed by atoms with Gasteiger partial charge in [0.05, 0.1) is 0 Å². The molecule has 1 saturated carbocycles. The van der Waals surface area contributed by atoms with E-state index >= 15 is 0 Å². The fourth-order valence-corrected chi connectivity index (χ4v) is 4.53. The quantitative estimate of drug-likeness (QED) is 0.412. The third-order valence-electron chi connectivity index (χ3n) is 6.46. The van der Waals surface area contributed by atoms with Gasteiger partial charge in [0.2, 0.25) is 0 Å². The summed E-state index contributed by atoms with van der Waals surface area (Å²) in [5.41, 5.74) is 5.22. The van der Waals surface area contributed by atoms with Crippen LogP contribution in [-0.2, 0) is 6.42 Å². The van der Waals surface area contributed by atoms with Crippen LogP contribution in [0.2, 0.25) is 0 Å². The van der Waals surface area contributed by atoms with E-state index in [2.05, 4.69) is 56.4 Å². The average Bonchev–Trinajstić information content (AvgIpc) is 2.74. The monoisotopic (exact) mass is 363 g/mol. The summed E-state index contributed by atoms with van der Waals surface area (Å²) in [5.74, 6) is 1.65. The van der Waals surface area contributed by atoms with Gasteiger partial charge in [-0.3, -0.25) is 4.98 Å². The van der Waals surface area contributed by atoms with E-state index in [0.717, 1.165) is 12.3 Å². The van der Waals surface area contributed by atoms with E-state index in [1.807, 2.05) is 0 Å². The Morgan fingerprint density at radius 3 is 2.11 bits per heavy atom. The van der Waals surface area contributed by atoms with Crippen LogP contribution in [0.3, 0.4) is 0 Å². The Morgan fingerprint density at radius 1 is 0.778 bits per heavy atom. The molecule has 1 aliphatic rings. The van der Waals surface area contributed by atoms with Crippen molar-refractivity contribution in [3.63, 3.8) is 0 Å². The van der Waals surface area contributed by atoms with E-state index in [0.29, 0.717) is 5.92 Å². The Labute approximate surface area is 166 Å². The number of nitrogens with zero attached hydrogens (tertiary/aromatic N) is 1. The first-order valence-corrected chi connectivity index (χ1v) is 11.4. The highest BCUT2D eigenvalue weighted by Crippen LogP contribution is 2.37. The number of hydrogen-bond acceptors (Lipinski definition) is 1. The van der Waals surface area contributed by atoms with E-state index < -0.39 is 0 Å². The first kappa shape index (κ1) is 20.1. The van der Waals surface area contributed by atoms with Gasteiger partial charge in [-0.05, 0) is 55.2 Å². The van der Waals surface area contributed by atoms with Gasteiger partial charge in [0.15, 0.2) is 0 Å². The number of unbranched alkanes of at least 4 members (excludes halogenated alkanes) is 4. The van der Waals surface area contributed by atoms with Gasteiger partial charge >= 0.3 is 0 Å². The molecule has 1 nitrogen and oxygen atoms in total. The van der Waals surface area contributed by atoms with Crippen molar-refractivity contribution in [2.75, 3.05) is 0 Å². The highest BCUT2D eigenvalue weighted by Gasteiger charge is 2.22. The normalized spacial score (nSPS) is 19.9. The average molecular weight is 364 g/mol. The van der Waals surface area contributed by atoms with Crippen LogP contribution in [0.5, 0.6) is 0 Å². The zero-order valence-corrected chi connectivity index (χ0v) is 17.4. The van der Waals surface area contributed by atoms with E-state index in [1.165, 1.54) is 86.6 Å². The molecule has 1 aromatic carbocycles. The van der Waals surface area contributed by atoms with Crippen LogP contribution in [0, 0.1) is 5.92 Å².